The number of rotatable bonds is 13. The standard InChI is InChI=1S/C23H36O3Si2/c1-4-5-20-27(2,3)26-28(21-12-18-25-19-17-24,22-13-8-6-9-14-22)23-15-10-7-11-16-23/h6-11,13-16,24H,4-5,12,17-21H2,1-3H3. The molecule has 0 radical (unpaired) electrons. The van der Waals surface area contributed by atoms with Crippen molar-refractivity contribution in [3.63, 3.8) is 0 Å². The Bertz CT molecular complexity index is 623. The fourth-order valence-electron chi connectivity index (χ4n) is 3.75. The Morgan fingerprint density at radius 3 is 1.86 bits per heavy atom. The lowest BCUT2D eigenvalue weighted by atomic mass is 10.4. The van der Waals surface area contributed by atoms with E-state index in [1.165, 1.54) is 29.3 Å². The summed E-state index contributed by atoms with van der Waals surface area (Å²) in [6.07, 6.45) is 3.38. The van der Waals surface area contributed by atoms with Crippen LogP contribution in [-0.2, 0) is 8.85 Å². The lowest BCUT2D eigenvalue weighted by molar-refractivity contribution is 0.0925. The lowest BCUT2D eigenvalue weighted by Gasteiger charge is -2.40. The molecule has 2 aromatic carbocycles. The maximum atomic E-state index is 8.98. The molecule has 0 saturated heterocycles. The zero-order chi connectivity index (χ0) is 20.3. The van der Waals surface area contributed by atoms with Gasteiger partial charge in [-0.3, -0.25) is 0 Å². The Morgan fingerprint density at radius 2 is 1.36 bits per heavy atom. The summed E-state index contributed by atoms with van der Waals surface area (Å²) in [6.45, 7) is 8.14. The van der Waals surface area contributed by atoms with E-state index in [-0.39, 0.29) is 6.61 Å². The summed E-state index contributed by atoms with van der Waals surface area (Å²) < 4.78 is 12.9. The molecule has 5 heteroatoms. The van der Waals surface area contributed by atoms with E-state index in [9.17, 15) is 0 Å². The van der Waals surface area contributed by atoms with Crippen molar-refractivity contribution in [2.75, 3.05) is 19.8 Å². The van der Waals surface area contributed by atoms with E-state index >= 15 is 0 Å². The number of ether oxygens (including phenoxy) is 1. The van der Waals surface area contributed by atoms with Crippen LogP contribution in [0.25, 0.3) is 0 Å². The summed E-state index contributed by atoms with van der Waals surface area (Å²) in [7, 11) is -4.19. The first kappa shape index (κ1) is 23.0. The van der Waals surface area contributed by atoms with Gasteiger partial charge in [0.15, 0.2) is 8.32 Å². The van der Waals surface area contributed by atoms with Gasteiger partial charge in [-0.25, -0.2) is 0 Å². The Kier molecular flexibility index (Phi) is 9.61. The van der Waals surface area contributed by atoms with Crippen molar-refractivity contribution >= 4 is 27.0 Å². The second kappa shape index (κ2) is 11.7. The van der Waals surface area contributed by atoms with Crippen molar-refractivity contribution in [1.29, 1.82) is 0 Å². The summed E-state index contributed by atoms with van der Waals surface area (Å²) in [4.78, 5) is 0. The van der Waals surface area contributed by atoms with Crippen LogP contribution >= 0.6 is 0 Å². The van der Waals surface area contributed by atoms with Gasteiger partial charge in [0.05, 0.1) is 13.2 Å². The van der Waals surface area contributed by atoms with Crippen LogP contribution in [0.2, 0.25) is 25.2 Å². The van der Waals surface area contributed by atoms with Gasteiger partial charge in [-0.15, -0.1) is 0 Å². The molecule has 0 saturated carbocycles. The molecule has 0 bridgehead atoms. The molecular formula is C23H36O3Si2. The van der Waals surface area contributed by atoms with Crippen molar-refractivity contribution in [1.82, 2.24) is 0 Å². The number of hydrogen-bond donors (Lipinski definition) is 1. The monoisotopic (exact) mass is 416 g/mol. The zero-order valence-electron chi connectivity index (χ0n) is 17.7. The molecular weight excluding hydrogens is 380 g/mol. The maximum absolute atomic E-state index is 8.98. The number of aliphatic hydroxyl groups is 1. The Hall–Kier alpha value is -1.25. The highest BCUT2D eigenvalue weighted by molar-refractivity contribution is 7.02. The fourth-order valence-corrected chi connectivity index (χ4v) is 13.5. The van der Waals surface area contributed by atoms with Crippen LogP contribution < -0.4 is 10.4 Å². The first-order valence-electron chi connectivity index (χ1n) is 10.5. The lowest BCUT2D eigenvalue weighted by Crippen LogP contribution is -2.65. The highest BCUT2D eigenvalue weighted by Crippen LogP contribution is 2.25. The van der Waals surface area contributed by atoms with Gasteiger partial charge < -0.3 is 14.0 Å². The molecule has 2 aromatic rings. The van der Waals surface area contributed by atoms with Crippen LogP contribution in [0.3, 0.4) is 0 Å². The second-order valence-corrected chi connectivity index (χ2v) is 16.1. The number of hydrogen-bond acceptors (Lipinski definition) is 3. The SMILES string of the molecule is CCCC[Si](C)(C)O[Si](CCCOCCO)(c1ccccc1)c1ccccc1. The predicted octanol–water partition coefficient (Wildman–Crippen LogP) is 4.17. The topological polar surface area (TPSA) is 38.7 Å². The first-order valence-corrected chi connectivity index (χ1v) is 15.8. The van der Waals surface area contributed by atoms with Gasteiger partial charge in [-0.2, -0.15) is 0 Å². The average Bonchev–Trinajstić information content (AvgIpc) is 2.72. The van der Waals surface area contributed by atoms with Gasteiger partial charge in [-0.1, -0.05) is 80.4 Å². The van der Waals surface area contributed by atoms with Gasteiger partial charge in [0, 0.05) is 6.61 Å². The van der Waals surface area contributed by atoms with E-state index in [4.69, 9.17) is 14.0 Å². The Labute approximate surface area is 173 Å². The second-order valence-electron chi connectivity index (χ2n) is 7.96. The van der Waals surface area contributed by atoms with Crippen molar-refractivity contribution in [2.24, 2.45) is 0 Å². The van der Waals surface area contributed by atoms with Crippen molar-refractivity contribution in [2.45, 2.75) is 51.4 Å². The van der Waals surface area contributed by atoms with Gasteiger partial charge >= 0.3 is 0 Å². The number of unbranched alkanes of at least 4 members (excludes halogenated alkanes) is 1. The quantitative estimate of drug-likeness (QED) is 0.393. The minimum atomic E-state index is -2.37. The van der Waals surface area contributed by atoms with Gasteiger partial charge in [0.2, 0.25) is 8.32 Å². The average molecular weight is 417 g/mol. The van der Waals surface area contributed by atoms with Crippen LogP contribution in [0.5, 0.6) is 0 Å². The molecule has 3 nitrogen and oxygen atoms in total. The Morgan fingerprint density at radius 1 is 0.786 bits per heavy atom. The smallest absolute Gasteiger partial charge is 0.245 e. The van der Waals surface area contributed by atoms with E-state index in [1.54, 1.807) is 0 Å². The molecule has 0 amide bonds. The fraction of sp³-hybridized carbons (Fsp3) is 0.478. The van der Waals surface area contributed by atoms with Crippen LogP contribution in [0.1, 0.15) is 26.2 Å². The zero-order valence-corrected chi connectivity index (χ0v) is 19.7. The molecule has 0 aromatic heterocycles. The predicted molar refractivity (Wildman–Crippen MR) is 124 cm³/mol. The van der Waals surface area contributed by atoms with Crippen LogP contribution in [0.4, 0.5) is 0 Å². The van der Waals surface area contributed by atoms with Crippen molar-refractivity contribution < 1.29 is 14.0 Å². The summed E-state index contributed by atoms with van der Waals surface area (Å²) in [5, 5.41) is 11.7. The molecule has 28 heavy (non-hydrogen) atoms. The molecule has 0 aliphatic rings. The number of aliphatic hydroxyl groups excluding tert-OH is 1. The minimum absolute atomic E-state index is 0.0768. The number of benzene rings is 2. The van der Waals surface area contributed by atoms with E-state index in [0.717, 1.165) is 12.5 Å². The molecule has 0 spiro atoms. The first-order chi connectivity index (χ1) is 13.5. The van der Waals surface area contributed by atoms with Gasteiger partial charge in [-0.05, 0) is 42.0 Å². The Balaban J connectivity index is 2.40. The highest BCUT2D eigenvalue weighted by atomic mass is 28.4. The maximum Gasteiger partial charge on any atom is 0.245 e. The van der Waals surface area contributed by atoms with Crippen molar-refractivity contribution in [3.8, 4) is 0 Å². The van der Waals surface area contributed by atoms with E-state index < -0.39 is 16.6 Å². The summed E-state index contributed by atoms with van der Waals surface area (Å²) >= 11 is 0. The van der Waals surface area contributed by atoms with Crippen LogP contribution in [-0.4, -0.2) is 41.6 Å². The van der Waals surface area contributed by atoms with Crippen LogP contribution in [0.15, 0.2) is 60.7 Å². The molecule has 0 aliphatic carbocycles. The van der Waals surface area contributed by atoms with Crippen LogP contribution in [0, 0.1) is 0 Å². The molecule has 1 N–H and O–H groups in total. The van der Waals surface area contributed by atoms with E-state index in [1.807, 2.05) is 0 Å². The normalized spacial score (nSPS) is 12.3. The molecule has 0 heterocycles. The van der Waals surface area contributed by atoms with Crippen molar-refractivity contribution in [3.05, 3.63) is 60.7 Å². The third-order valence-corrected chi connectivity index (χ3v) is 13.9. The largest absolute Gasteiger partial charge is 0.449 e. The van der Waals surface area contributed by atoms with Gasteiger partial charge in [0.25, 0.3) is 0 Å². The minimum Gasteiger partial charge on any atom is -0.449 e. The molecule has 0 unspecified atom stereocenters. The summed E-state index contributed by atoms with van der Waals surface area (Å²) in [5.41, 5.74) is 0. The van der Waals surface area contributed by atoms with Gasteiger partial charge in [0.1, 0.15) is 0 Å². The molecule has 0 aliphatic heterocycles. The molecule has 2 rings (SSSR count). The molecule has 0 atom stereocenters. The highest BCUT2D eigenvalue weighted by Gasteiger charge is 2.43. The molecule has 154 valence electrons. The molecule has 0 fully saturated rings. The third kappa shape index (κ3) is 6.67. The summed E-state index contributed by atoms with van der Waals surface area (Å²) in [5.74, 6) is 0. The van der Waals surface area contributed by atoms with E-state index in [2.05, 4.69) is 80.7 Å². The van der Waals surface area contributed by atoms with E-state index in [0.29, 0.717) is 13.2 Å². The summed E-state index contributed by atoms with van der Waals surface area (Å²) in [6, 6.07) is 23.9. The third-order valence-electron chi connectivity index (χ3n) is 5.12.